The number of methoxy groups -OCH3 is 1. The van der Waals surface area contributed by atoms with E-state index in [0.29, 0.717) is 11.9 Å². The summed E-state index contributed by atoms with van der Waals surface area (Å²) in [5.41, 5.74) is 0.923. The van der Waals surface area contributed by atoms with Crippen LogP contribution in [-0.2, 0) is 11.2 Å². The number of carbonyl (C=O) groups is 1. The summed E-state index contributed by atoms with van der Waals surface area (Å²) < 4.78 is 5.12. The Morgan fingerprint density at radius 2 is 2.00 bits per heavy atom. The zero-order chi connectivity index (χ0) is 18.4. The second kappa shape index (κ2) is 8.65. The van der Waals surface area contributed by atoms with Gasteiger partial charge in [-0.3, -0.25) is 4.79 Å². The first-order valence-electron chi connectivity index (χ1n) is 9.22. The van der Waals surface area contributed by atoms with Gasteiger partial charge in [0, 0.05) is 12.6 Å². The van der Waals surface area contributed by atoms with Crippen molar-refractivity contribution in [1.29, 1.82) is 0 Å². The van der Waals surface area contributed by atoms with Gasteiger partial charge in [0.2, 0.25) is 5.91 Å². The molecule has 1 aliphatic rings. The van der Waals surface area contributed by atoms with Crippen molar-refractivity contribution in [1.82, 2.24) is 10.2 Å². The van der Waals surface area contributed by atoms with Gasteiger partial charge in [0.05, 0.1) is 13.5 Å². The normalized spacial score (nSPS) is 17.0. The first-order chi connectivity index (χ1) is 12.7. The summed E-state index contributed by atoms with van der Waals surface area (Å²) in [5.74, 6) is 2.04. The maximum absolute atomic E-state index is 12.2. The van der Waals surface area contributed by atoms with E-state index < -0.39 is 0 Å². The van der Waals surface area contributed by atoms with Gasteiger partial charge in [-0.2, -0.15) is 0 Å². The van der Waals surface area contributed by atoms with Crippen molar-refractivity contribution in [2.75, 3.05) is 23.9 Å². The lowest BCUT2D eigenvalue weighted by Crippen LogP contribution is -2.39. The molecule has 0 aliphatic carbocycles. The van der Waals surface area contributed by atoms with Crippen LogP contribution >= 0.6 is 0 Å². The number of benzene rings is 1. The maximum Gasteiger partial charge on any atom is 0.229 e. The van der Waals surface area contributed by atoms with Gasteiger partial charge in [0.15, 0.2) is 11.6 Å². The minimum atomic E-state index is -0.110. The molecule has 3 rings (SSSR count). The first kappa shape index (κ1) is 18.2. The fourth-order valence-electron chi connectivity index (χ4n) is 3.39. The number of aromatic nitrogens is 2. The molecule has 1 aromatic heterocycles. The summed E-state index contributed by atoms with van der Waals surface area (Å²) in [6.45, 7) is 3.24. The molecule has 1 fully saturated rings. The van der Waals surface area contributed by atoms with Crippen LogP contribution in [0.4, 0.5) is 11.6 Å². The van der Waals surface area contributed by atoms with E-state index >= 15 is 0 Å². The smallest absolute Gasteiger partial charge is 0.229 e. The van der Waals surface area contributed by atoms with E-state index in [-0.39, 0.29) is 12.3 Å². The molecule has 1 saturated heterocycles. The Kier molecular flexibility index (Phi) is 6.04. The van der Waals surface area contributed by atoms with Crippen LogP contribution < -0.4 is 15.0 Å². The molecule has 1 aromatic carbocycles. The highest BCUT2D eigenvalue weighted by Crippen LogP contribution is 2.24. The Bertz CT molecular complexity index is 716. The second-order valence-electron chi connectivity index (χ2n) is 6.60. The molecule has 2 heterocycles. The average molecular weight is 354 g/mol. The molecule has 26 heavy (non-hydrogen) atoms. The van der Waals surface area contributed by atoms with Crippen molar-refractivity contribution < 1.29 is 9.53 Å². The van der Waals surface area contributed by atoms with Gasteiger partial charge in [-0.1, -0.05) is 19.1 Å². The van der Waals surface area contributed by atoms with Crippen molar-refractivity contribution in [3.8, 4) is 5.75 Å². The largest absolute Gasteiger partial charge is 0.497 e. The number of piperidine rings is 1. The van der Waals surface area contributed by atoms with Crippen LogP contribution in [0, 0.1) is 0 Å². The minimum absolute atomic E-state index is 0.110. The van der Waals surface area contributed by atoms with E-state index in [9.17, 15) is 4.79 Å². The van der Waals surface area contributed by atoms with E-state index in [1.165, 1.54) is 19.3 Å². The third-order valence-corrected chi connectivity index (χ3v) is 4.83. The second-order valence-corrected chi connectivity index (χ2v) is 6.60. The quantitative estimate of drug-likeness (QED) is 0.861. The number of rotatable bonds is 6. The van der Waals surface area contributed by atoms with E-state index in [1.807, 2.05) is 36.4 Å². The summed E-state index contributed by atoms with van der Waals surface area (Å²) in [6, 6.07) is 11.8. The van der Waals surface area contributed by atoms with Crippen LogP contribution in [0.5, 0.6) is 5.75 Å². The summed E-state index contributed by atoms with van der Waals surface area (Å²) in [7, 11) is 1.62. The lowest BCUT2D eigenvalue weighted by molar-refractivity contribution is -0.115. The molecular weight excluding hydrogens is 328 g/mol. The van der Waals surface area contributed by atoms with Crippen LogP contribution in [0.15, 0.2) is 36.4 Å². The van der Waals surface area contributed by atoms with Crippen molar-refractivity contribution >= 4 is 17.5 Å². The van der Waals surface area contributed by atoms with E-state index in [4.69, 9.17) is 4.74 Å². The molecule has 1 unspecified atom stereocenters. The molecule has 6 heteroatoms. The Labute approximate surface area is 154 Å². The standard InChI is InChI=1S/C20H26N4O2/c1-3-16-6-4-5-13-24(16)19-12-11-18(22-23-19)21-20(25)14-15-7-9-17(26-2)10-8-15/h7-12,16H,3-6,13-14H2,1-2H3,(H,21,22,25). The number of nitrogens with one attached hydrogen (secondary N) is 1. The van der Waals surface area contributed by atoms with Crippen molar-refractivity contribution in [3.05, 3.63) is 42.0 Å². The van der Waals surface area contributed by atoms with Crippen LogP contribution in [0.1, 0.15) is 38.2 Å². The van der Waals surface area contributed by atoms with Gasteiger partial charge >= 0.3 is 0 Å². The molecule has 138 valence electrons. The number of hydrogen-bond acceptors (Lipinski definition) is 5. The number of ether oxygens (including phenoxy) is 1. The number of amides is 1. The van der Waals surface area contributed by atoms with E-state index in [0.717, 1.165) is 30.1 Å². The molecule has 0 radical (unpaired) electrons. The van der Waals surface area contributed by atoms with Crippen LogP contribution in [0.3, 0.4) is 0 Å². The maximum atomic E-state index is 12.2. The minimum Gasteiger partial charge on any atom is -0.497 e. The van der Waals surface area contributed by atoms with Crippen molar-refractivity contribution in [3.63, 3.8) is 0 Å². The highest BCUT2D eigenvalue weighted by atomic mass is 16.5. The van der Waals surface area contributed by atoms with Crippen LogP contribution in [0.25, 0.3) is 0 Å². The van der Waals surface area contributed by atoms with Gasteiger partial charge in [-0.15, -0.1) is 10.2 Å². The first-order valence-corrected chi connectivity index (χ1v) is 9.22. The molecule has 6 nitrogen and oxygen atoms in total. The van der Waals surface area contributed by atoms with Gasteiger partial charge in [-0.25, -0.2) is 0 Å². The van der Waals surface area contributed by atoms with E-state index in [1.54, 1.807) is 7.11 Å². The molecule has 2 aromatic rings. The van der Waals surface area contributed by atoms with Crippen LogP contribution in [0.2, 0.25) is 0 Å². The Hall–Kier alpha value is -2.63. The summed E-state index contributed by atoms with van der Waals surface area (Å²) >= 11 is 0. The predicted molar refractivity (Wildman–Crippen MR) is 103 cm³/mol. The highest BCUT2D eigenvalue weighted by Gasteiger charge is 2.22. The number of hydrogen-bond donors (Lipinski definition) is 1. The number of nitrogens with zero attached hydrogens (tertiary/aromatic N) is 3. The Balaban J connectivity index is 1.58. The Morgan fingerprint density at radius 3 is 2.65 bits per heavy atom. The third kappa shape index (κ3) is 4.50. The van der Waals surface area contributed by atoms with Crippen molar-refractivity contribution in [2.45, 2.75) is 45.1 Å². The van der Waals surface area contributed by atoms with Crippen molar-refractivity contribution in [2.24, 2.45) is 0 Å². The lowest BCUT2D eigenvalue weighted by Gasteiger charge is -2.35. The molecule has 1 amide bonds. The molecule has 0 spiro atoms. The average Bonchev–Trinajstić information content (AvgIpc) is 2.69. The number of carbonyl (C=O) groups excluding carboxylic acids is 1. The van der Waals surface area contributed by atoms with Gasteiger partial charge in [0.25, 0.3) is 0 Å². The fraction of sp³-hybridized carbons (Fsp3) is 0.450. The fourth-order valence-corrected chi connectivity index (χ4v) is 3.39. The van der Waals surface area contributed by atoms with Gasteiger partial charge in [-0.05, 0) is 55.5 Å². The zero-order valence-corrected chi connectivity index (χ0v) is 15.4. The topological polar surface area (TPSA) is 67.4 Å². The van der Waals surface area contributed by atoms with E-state index in [2.05, 4.69) is 27.3 Å². The molecule has 0 saturated carbocycles. The SMILES string of the molecule is CCC1CCCCN1c1ccc(NC(=O)Cc2ccc(OC)cc2)nn1. The molecular formula is C20H26N4O2. The Morgan fingerprint density at radius 1 is 1.19 bits per heavy atom. The monoisotopic (exact) mass is 354 g/mol. The van der Waals surface area contributed by atoms with Gasteiger partial charge in [0.1, 0.15) is 5.75 Å². The summed E-state index contributed by atoms with van der Waals surface area (Å²) in [4.78, 5) is 14.5. The zero-order valence-electron chi connectivity index (χ0n) is 15.4. The van der Waals surface area contributed by atoms with Crippen LogP contribution in [-0.4, -0.2) is 35.8 Å². The molecule has 0 bridgehead atoms. The molecule has 1 aliphatic heterocycles. The predicted octanol–water partition coefficient (Wildman–Crippen LogP) is 3.44. The molecule has 1 atom stereocenters. The highest BCUT2D eigenvalue weighted by molar-refractivity contribution is 5.91. The number of anilines is 2. The lowest BCUT2D eigenvalue weighted by atomic mass is 10.0. The summed E-state index contributed by atoms with van der Waals surface area (Å²) in [5, 5.41) is 11.3. The van der Waals surface area contributed by atoms with Gasteiger partial charge < -0.3 is 15.0 Å². The molecule has 1 N–H and O–H groups in total. The summed E-state index contributed by atoms with van der Waals surface area (Å²) in [6.07, 6.45) is 5.08. The third-order valence-electron chi connectivity index (χ3n) is 4.83.